The average Bonchev–Trinajstić information content (AvgIpc) is 3.30. The molecule has 0 radical (unpaired) electrons. The molecule has 1 aromatic heterocycles. The van der Waals surface area contributed by atoms with Crippen LogP contribution in [0.2, 0.25) is 0 Å². The number of amides is 1. The molecule has 0 aliphatic carbocycles. The zero-order chi connectivity index (χ0) is 22.4. The van der Waals surface area contributed by atoms with E-state index in [1.807, 2.05) is 38.2 Å². The number of allylic oxidation sites excluding steroid dienone is 1. The maximum Gasteiger partial charge on any atom is 0.253 e. The largest absolute Gasteiger partial charge is 0.404 e. The van der Waals surface area contributed by atoms with Crippen LogP contribution in [0.3, 0.4) is 0 Å². The third-order valence-corrected chi connectivity index (χ3v) is 5.78. The molecule has 2 aromatic rings. The Morgan fingerprint density at radius 2 is 2.16 bits per heavy atom. The van der Waals surface area contributed by atoms with Crippen molar-refractivity contribution in [3.05, 3.63) is 64.1 Å². The first kappa shape index (κ1) is 22.5. The van der Waals surface area contributed by atoms with E-state index < -0.39 is 0 Å². The van der Waals surface area contributed by atoms with Crippen molar-refractivity contribution in [3.8, 4) is 0 Å². The summed E-state index contributed by atoms with van der Waals surface area (Å²) in [5.74, 6) is -0.164. The Hall–Kier alpha value is -3.19. The molecule has 2 heterocycles. The highest BCUT2D eigenvalue weighted by Crippen LogP contribution is 2.27. The Labute approximate surface area is 183 Å². The Morgan fingerprint density at radius 1 is 1.35 bits per heavy atom. The van der Waals surface area contributed by atoms with Crippen LogP contribution in [0.15, 0.2) is 35.6 Å². The summed E-state index contributed by atoms with van der Waals surface area (Å²) in [6.07, 6.45) is 7.74. The number of pyridine rings is 1. The van der Waals surface area contributed by atoms with Crippen molar-refractivity contribution >= 4 is 23.4 Å². The predicted molar refractivity (Wildman–Crippen MR) is 125 cm³/mol. The number of rotatable bonds is 7. The van der Waals surface area contributed by atoms with Gasteiger partial charge in [-0.15, -0.1) is 0 Å². The van der Waals surface area contributed by atoms with Crippen LogP contribution in [0.5, 0.6) is 0 Å². The minimum absolute atomic E-state index is 0.0889. The number of nitrogens with zero attached hydrogens (tertiary/aromatic N) is 2. The molecule has 31 heavy (non-hydrogen) atoms. The highest BCUT2D eigenvalue weighted by molar-refractivity contribution is 6.08. The van der Waals surface area contributed by atoms with Gasteiger partial charge in [0.25, 0.3) is 5.91 Å². The molecule has 7 heteroatoms. The number of ether oxygens (including phenoxy) is 1. The molecule has 7 nitrogen and oxygen atoms in total. The fraction of sp³-hybridized carbons (Fsp3) is 0.375. The Kier molecular flexibility index (Phi) is 7.41. The zero-order valence-electron chi connectivity index (χ0n) is 18.4. The first-order chi connectivity index (χ1) is 14.9. The number of benzene rings is 1. The number of nitrogens with one attached hydrogen (secondary N) is 1. The summed E-state index contributed by atoms with van der Waals surface area (Å²) in [6, 6.07) is 5.83. The SMILES string of the molecule is CN=CC(=CN)c1ccc(Cc2cc(C(=O)NCC3CCCO3)c(N)c(C)c2C)cn1. The lowest BCUT2D eigenvalue weighted by Crippen LogP contribution is -2.32. The summed E-state index contributed by atoms with van der Waals surface area (Å²) in [5.41, 5.74) is 18.6. The van der Waals surface area contributed by atoms with E-state index in [2.05, 4.69) is 15.3 Å². The summed E-state index contributed by atoms with van der Waals surface area (Å²) >= 11 is 0. The third kappa shape index (κ3) is 5.30. The highest BCUT2D eigenvalue weighted by atomic mass is 16.5. The van der Waals surface area contributed by atoms with E-state index >= 15 is 0 Å². The maximum absolute atomic E-state index is 12.8. The molecular weight excluding hydrogens is 390 g/mol. The molecular formula is C24H31N5O2. The van der Waals surface area contributed by atoms with Crippen LogP contribution in [-0.4, -0.2) is 43.4 Å². The standard InChI is InChI=1S/C24H31N5O2/c1-15-16(2)23(26)21(24(30)29-14-20-5-4-8-31-20)10-18(15)9-17-6-7-22(28-12-17)19(11-25)13-27-3/h6-7,10-13,20H,4-5,8-9,14,25-26H2,1-3H3,(H,29,30). The Bertz CT molecular complexity index is 990. The summed E-state index contributed by atoms with van der Waals surface area (Å²) in [4.78, 5) is 21.3. The smallest absolute Gasteiger partial charge is 0.253 e. The van der Waals surface area contributed by atoms with Gasteiger partial charge in [-0.25, -0.2) is 0 Å². The van der Waals surface area contributed by atoms with Crippen molar-refractivity contribution in [2.75, 3.05) is 25.9 Å². The summed E-state index contributed by atoms with van der Waals surface area (Å²) in [5, 5.41) is 2.97. The first-order valence-electron chi connectivity index (χ1n) is 10.5. The van der Waals surface area contributed by atoms with Crippen LogP contribution in [0.25, 0.3) is 5.57 Å². The number of nitrogens with two attached hydrogens (primary N) is 2. The van der Waals surface area contributed by atoms with Crippen molar-refractivity contribution in [1.29, 1.82) is 0 Å². The maximum atomic E-state index is 12.8. The molecule has 1 aliphatic heterocycles. The lowest BCUT2D eigenvalue weighted by Gasteiger charge is -2.17. The number of hydrogen-bond donors (Lipinski definition) is 3. The van der Waals surface area contributed by atoms with E-state index in [1.165, 1.54) is 6.20 Å². The molecule has 1 saturated heterocycles. The minimum Gasteiger partial charge on any atom is -0.404 e. The van der Waals surface area contributed by atoms with Crippen LogP contribution < -0.4 is 16.8 Å². The molecule has 0 saturated carbocycles. The van der Waals surface area contributed by atoms with Gasteiger partial charge < -0.3 is 21.5 Å². The van der Waals surface area contributed by atoms with Crippen molar-refractivity contribution in [3.63, 3.8) is 0 Å². The molecule has 1 aliphatic rings. The van der Waals surface area contributed by atoms with E-state index in [0.29, 0.717) is 24.2 Å². The van der Waals surface area contributed by atoms with Crippen LogP contribution in [-0.2, 0) is 11.2 Å². The monoisotopic (exact) mass is 421 g/mol. The van der Waals surface area contributed by atoms with Gasteiger partial charge in [0.05, 0.1) is 17.4 Å². The Morgan fingerprint density at radius 3 is 2.77 bits per heavy atom. The number of aliphatic imine (C=N–C) groups is 1. The van der Waals surface area contributed by atoms with Gasteiger partial charge in [-0.1, -0.05) is 6.07 Å². The fourth-order valence-corrected chi connectivity index (χ4v) is 3.74. The lowest BCUT2D eigenvalue weighted by molar-refractivity contribution is 0.0858. The summed E-state index contributed by atoms with van der Waals surface area (Å²) < 4.78 is 5.59. The van der Waals surface area contributed by atoms with Gasteiger partial charge in [0.15, 0.2) is 0 Å². The van der Waals surface area contributed by atoms with E-state index in [9.17, 15) is 4.79 Å². The molecule has 1 fully saturated rings. The molecule has 5 N–H and O–H groups in total. The van der Waals surface area contributed by atoms with Crippen LogP contribution >= 0.6 is 0 Å². The predicted octanol–water partition coefficient (Wildman–Crippen LogP) is 2.78. The highest BCUT2D eigenvalue weighted by Gasteiger charge is 2.20. The number of carbonyl (C=O) groups excluding carboxylic acids is 1. The van der Waals surface area contributed by atoms with Crippen molar-refractivity contribution < 1.29 is 9.53 Å². The van der Waals surface area contributed by atoms with Crippen molar-refractivity contribution in [2.45, 2.75) is 39.2 Å². The lowest BCUT2D eigenvalue weighted by atomic mass is 9.93. The topological polar surface area (TPSA) is 116 Å². The number of aromatic nitrogens is 1. The van der Waals surface area contributed by atoms with E-state index in [1.54, 1.807) is 13.3 Å². The Balaban J connectivity index is 1.80. The number of anilines is 1. The molecule has 3 rings (SSSR count). The molecule has 1 amide bonds. The van der Waals surface area contributed by atoms with E-state index in [-0.39, 0.29) is 12.0 Å². The number of carbonyl (C=O) groups is 1. The van der Waals surface area contributed by atoms with Gasteiger partial charge >= 0.3 is 0 Å². The van der Waals surface area contributed by atoms with Gasteiger partial charge in [-0.05, 0) is 67.5 Å². The molecule has 0 bridgehead atoms. The second kappa shape index (κ2) is 10.2. The summed E-state index contributed by atoms with van der Waals surface area (Å²) in [6.45, 7) is 5.25. The molecule has 1 aromatic carbocycles. The van der Waals surface area contributed by atoms with Gasteiger partial charge in [0.2, 0.25) is 0 Å². The zero-order valence-corrected chi connectivity index (χ0v) is 18.4. The average molecular weight is 422 g/mol. The van der Waals surface area contributed by atoms with E-state index in [0.717, 1.165) is 53.0 Å². The second-order valence-electron chi connectivity index (χ2n) is 7.83. The molecule has 164 valence electrons. The normalized spacial score (nSPS) is 16.7. The quantitative estimate of drug-likeness (QED) is 0.470. The van der Waals surface area contributed by atoms with Gasteiger partial charge in [0.1, 0.15) is 0 Å². The van der Waals surface area contributed by atoms with Crippen LogP contribution in [0.4, 0.5) is 5.69 Å². The van der Waals surface area contributed by atoms with Gasteiger partial charge in [-0.3, -0.25) is 14.8 Å². The number of hydrogen-bond acceptors (Lipinski definition) is 6. The van der Waals surface area contributed by atoms with Crippen molar-refractivity contribution in [2.24, 2.45) is 10.7 Å². The summed E-state index contributed by atoms with van der Waals surface area (Å²) in [7, 11) is 1.69. The fourth-order valence-electron chi connectivity index (χ4n) is 3.74. The third-order valence-electron chi connectivity index (χ3n) is 5.78. The van der Waals surface area contributed by atoms with Crippen LogP contribution in [0.1, 0.15) is 51.1 Å². The molecule has 1 unspecified atom stereocenters. The van der Waals surface area contributed by atoms with Gasteiger partial charge in [0, 0.05) is 50.1 Å². The van der Waals surface area contributed by atoms with Gasteiger partial charge in [-0.2, -0.15) is 0 Å². The molecule has 0 spiro atoms. The molecule has 1 atom stereocenters. The number of nitrogen functional groups attached to an aromatic ring is 1. The first-order valence-corrected chi connectivity index (χ1v) is 10.5. The minimum atomic E-state index is -0.164. The van der Waals surface area contributed by atoms with Crippen molar-refractivity contribution in [1.82, 2.24) is 10.3 Å². The van der Waals surface area contributed by atoms with E-state index in [4.69, 9.17) is 16.2 Å². The second-order valence-corrected chi connectivity index (χ2v) is 7.83. The van der Waals surface area contributed by atoms with Crippen LogP contribution in [0, 0.1) is 13.8 Å².